The third-order valence-corrected chi connectivity index (χ3v) is 21.4. The third kappa shape index (κ3) is 42.6. The van der Waals surface area contributed by atoms with Gasteiger partial charge < -0.3 is 149 Å². The molecule has 0 saturated carbocycles. The molecule has 1 saturated heterocycles. The molecule has 0 aromatic heterocycles. The fraction of sp³-hybridized carbons (Fsp3) is 0.662. The predicted octanol–water partition coefficient (Wildman–Crippen LogP) is -8.11. The van der Waals surface area contributed by atoms with E-state index >= 15 is 0 Å². The summed E-state index contributed by atoms with van der Waals surface area (Å²) in [6.07, 6.45) is -3.76. The number of carboxylic acids is 6. The summed E-state index contributed by atoms with van der Waals surface area (Å²) in [5.41, 5.74) is 28.6. The quantitative estimate of drug-likeness (QED) is 0.0269. The number of carbonyl (C=O) groups is 21. The van der Waals surface area contributed by atoms with Gasteiger partial charge in [0.2, 0.25) is 88.6 Å². The van der Waals surface area contributed by atoms with Crippen molar-refractivity contribution in [1.29, 1.82) is 0 Å². The van der Waals surface area contributed by atoms with Gasteiger partial charge in [0.15, 0.2) is 0 Å². The first-order valence-corrected chi connectivity index (χ1v) is 44.1. The number of likely N-dealkylation sites (tertiary alicyclic amines) is 1. The van der Waals surface area contributed by atoms with E-state index < -0.39 is 285 Å². The number of benzene rings is 1. The highest BCUT2D eigenvalue weighted by molar-refractivity contribution is 7.98. The Morgan fingerprint density at radius 2 is 0.746 bits per heavy atom. The monoisotopic (exact) mass is 1870 g/mol. The van der Waals surface area contributed by atoms with Crippen LogP contribution in [0.1, 0.15) is 174 Å². The fourth-order valence-electron chi connectivity index (χ4n) is 13.2. The van der Waals surface area contributed by atoms with Gasteiger partial charge in [-0.15, -0.1) is 0 Å². The SMILES string of the molecule is CCC(C)C(NC(=O)C(CCC(=O)O)NC(=O)C(C)NC(=O)C(CCSC)NC(=O)C(CC(=O)O)NC(=O)C1CCCN1C(=O)C(CCCCN)NC(=O)C(CC(=O)O)NC(=O)C(N)CO)C(=O)NC(CCC(=O)O)C(=O)NC(CCCCN)C(=O)NC(Cc1ccccc1)C(=O)NC(CC(=O)O)C(=O)NC(CCCCN)C(=O)NC(CO)C(=O)NC(CCCCN)C(=O)O. The van der Waals surface area contributed by atoms with Crippen molar-refractivity contribution in [3.8, 4) is 0 Å². The zero-order valence-corrected chi connectivity index (χ0v) is 74.0. The average molecular weight is 1870 g/mol. The van der Waals surface area contributed by atoms with E-state index in [9.17, 15) is 142 Å². The maximum Gasteiger partial charge on any atom is 0.326 e. The Labute approximate surface area is 753 Å². The van der Waals surface area contributed by atoms with E-state index in [1.807, 2.05) is 0 Å². The van der Waals surface area contributed by atoms with Crippen molar-refractivity contribution in [2.75, 3.05) is 57.9 Å². The van der Waals surface area contributed by atoms with Gasteiger partial charge in [-0.2, -0.15) is 11.8 Å². The molecule has 0 aliphatic carbocycles. The summed E-state index contributed by atoms with van der Waals surface area (Å²) in [7, 11) is 0. The lowest BCUT2D eigenvalue weighted by atomic mass is 9.96. The number of nitrogens with one attached hydrogen (secondary N) is 14. The summed E-state index contributed by atoms with van der Waals surface area (Å²) in [6.45, 7) is 2.63. The average Bonchev–Trinajstić information content (AvgIpc) is 1.58. The molecule has 2 rings (SSSR count). The van der Waals surface area contributed by atoms with E-state index in [0.717, 1.165) is 11.8 Å². The number of thioether (sulfide) groups is 1. The minimum absolute atomic E-state index is 0.0523. The third-order valence-electron chi connectivity index (χ3n) is 20.8. The van der Waals surface area contributed by atoms with Crippen LogP contribution in [0.15, 0.2) is 30.3 Å². The van der Waals surface area contributed by atoms with Crippen molar-refractivity contribution < 1.29 is 142 Å². The number of aliphatic carboxylic acids is 6. The molecule has 17 unspecified atom stereocenters. The van der Waals surface area contributed by atoms with Crippen LogP contribution in [0, 0.1) is 5.92 Å². The highest BCUT2D eigenvalue weighted by Gasteiger charge is 2.43. The minimum Gasteiger partial charge on any atom is -0.481 e. The molecule has 0 radical (unpaired) electrons. The molecule has 1 aliphatic rings. The molecule has 1 aliphatic heterocycles. The number of carboxylic acid groups (broad SMARTS) is 6. The van der Waals surface area contributed by atoms with Crippen LogP contribution >= 0.6 is 11.8 Å². The number of aliphatic hydroxyl groups is 2. The summed E-state index contributed by atoms with van der Waals surface area (Å²) < 4.78 is 0. The maximum absolute atomic E-state index is 14.7. The fourth-order valence-corrected chi connectivity index (χ4v) is 13.7. The number of unbranched alkanes of at least 4 members (excludes halogenated alkanes) is 4. The molecular weight excluding hydrogens is 1740 g/mol. The van der Waals surface area contributed by atoms with Crippen molar-refractivity contribution in [1.82, 2.24) is 79.3 Å². The number of nitrogens with zero attached hydrogens (tertiary/aromatic N) is 1. The van der Waals surface area contributed by atoms with Gasteiger partial charge in [-0.05, 0) is 166 Å². The summed E-state index contributed by atoms with van der Waals surface area (Å²) in [4.78, 5) is 285. The lowest BCUT2D eigenvalue weighted by molar-refractivity contribution is -0.145. The number of amides is 15. The Hall–Kier alpha value is -11.8. The summed E-state index contributed by atoms with van der Waals surface area (Å²) >= 11 is 1.18. The molecule has 1 aromatic rings. The van der Waals surface area contributed by atoms with Crippen LogP contribution in [0.3, 0.4) is 0 Å². The van der Waals surface area contributed by atoms with Gasteiger partial charge in [-0.3, -0.25) is 95.9 Å². The largest absolute Gasteiger partial charge is 0.481 e. The van der Waals surface area contributed by atoms with Gasteiger partial charge in [0, 0.05) is 25.8 Å². The van der Waals surface area contributed by atoms with Gasteiger partial charge in [-0.25, -0.2) is 4.79 Å². The van der Waals surface area contributed by atoms with E-state index in [-0.39, 0.29) is 128 Å². The van der Waals surface area contributed by atoms with Crippen LogP contribution in [0.25, 0.3) is 0 Å². The van der Waals surface area contributed by atoms with Gasteiger partial charge in [-0.1, -0.05) is 50.6 Å². The van der Waals surface area contributed by atoms with Crippen molar-refractivity contribution in [2.45, 2.75) is 272 Å². The highest BCUT2D eigenvalue weighted by atomic mass is 32.2. The second kappa shape index (κ2) is 61.6. The number of nitrogens with two attached hydrogens (primary N) is 5. The van der Waals surface area contributed by atoms with E-state index in [0.29, 0.717) is 24.8 Å². The van der Waals surface area contributed by atoms with Crippen molar-refractivity contribution >= 4 is 136 Å². The highest BCUT2D eigenvalue weighted by Crippen LogP contribution is 2.22. The topological polar surface area (TPSA) is 822 Å². The number of rotatable bonds is 67. The van der Waals surface area contributed by atoms with Gasteiger partial charge in [0.05, 0.1) is 32.5 Å². The Morgan fingerprint density at radius 3 is 1.18 bits per heavy atom. The summed E-state index contributed by atoms with van der Waals surface area (Å²) in [6, 6.07) is -19.4. The first-order valence-electron chi connectivity index (χ1n) is 42.7. The standard InChI is InChI=1S/C80H130N20O29S/c1-5-42(2)64(99-71(119)49(26-28-60(105)106)87-65(113)43(3)86-67(115)50(29-35-130-4)90-74(122)56(39-63(111)112)97-77(125)58-24-17-34-100(58)79(127)51(22-11-15-32-83)92-75(123)54(37-61(107)108)94-66(114)45(85)40-101)78(126)91-48(25-27-59(103)104)70(118)88-46(20-9-13-30-81)68(116)95-53(36-44-18-7-6-8-19-44)72(120)96-55(38-62(109)110)73(121)89-47(21-10-14-31-82)69(117)98-57(41-102)76(124)93-52(80(128)129)23-12-16-33-84/h6-8,18-19,42-43,45-58,64,101-102H,5,9-17,20-41,81-85H2,1-4H3,(H,86,115)(H,87,113)(H,88,118)(H,89,121)(H,90,122)(H,91,126)(H,92,123)(H,93,124)(H,94,114)(H,95,116)(H,96,120)(H,97,125)(H,98,117)(H,99,119)(H,103,104)(H,105,106)(H,107,108)(H,109,110)(H,111,112)(H,128,129). The van der Waals surface area contributed by atoms with Crippen molar-refractivity contribution in [3.63, 3.8) is 0 Å². The number of hydrogen-bond donors (Lipinski definition) is 27. The molecule has 32 N–H and O–H groups in total. The molecule has 730 valence electrons. The Morgan fingerprint density at radius 1 is 0.392 bits per heavy atom. The Kier molecular flexibility index (Phi) is 54.2. The second-order valence-electron chi connectivity index (χ2n) is 31.1. The minimum atomic E-state index is -2.04. The number of aliphatic hydroxyl groups excluding tert-OH is 2. The summed E-state index contributed by atoms with van der Waals surface area (Å²) in [5, 5.41) is 112. The first kappa shape index (κ1) is 114. The lowest BCUT2D eigenvalue weighted by Crippen LogP contribution is -2.61. The van der Waals surface area contributed by atoms with E-state index in [2.05, 4.69) is 74.4 Å². The van der Waals surface area contributed by atoms with Gasteiger partial charge >= 0.3 is 35.8 Å². The van der Waals surface area contributed by atoms with Crippen LogP contribution in [0.4, 0.5) is 0 Å². The normalized spacial score (nSPS) is 16.0. The molecule has 1 aromatic carbocycles. The zero-order chi connectivity index (χ0) is 97.9. The van der Waals surface area contributed by atoms with Crippen LogP contribution < -0.4 is 103 Å². The zero-order valence-electron chi connectivity index (χ0n) is 73.2. The van der Waals surface area contributed by atoms with Gasteiger partial charge in [0.1, 0.15) is 96.7 Å². The Balaban J connectivity index is 2.54. The predicted molar refractivity (Wildman–Crippen MR) is 462 cm³/mol. The van der Waals surface area contributed by atoms with Crippen LogP contribution in [-0.4, -0.2) is 325 Å². The first-order chi connectivity index (χ1) is 61.5. The number of hydrogen-bond acceptors (Lipinski definition) is 29. The molecule has 49 nitrogen and oxygen atoms in total. The van der Waals surface area contributed by atoms with E-state index in [1.165, 1.54) is 30.8 Å². The maximum atomic E-state index is 14.7. The van der Waals surface area contributed by atoms with Crippen molar-refractivity contribution in [2.24, 2.45) is 34.6 Å². The summed E-state index contributed by atoms with van der Waals surface area (Å²) in [5.74, 6) is -27.1. The van der Waals surface area contributed by atoms with Crippen LogP contribution in [0.5, 0.6) is 0 Å². The molecule has 15 amide bonds. The molecule has 17 atom stereocenters. The van der Waals surface area contributed by atoms with E-state index in [1.54, 1.807) is 31.4 Å². The Bertz CT molecular complexity index is 3970. The lowest BCUT2D eigenvalue weighted by Gasteiger charge is -2.31. The van der Waals surface area contributed by atoms with E-state index in [4.69, 9.17) is 28.7 Å². The smallest absolute Gasteiger partial charge is 0.326 e. The molecule has 1 heterocycles. The van der Waals surface area contributed by atoms with Crippen molar-refractivity contribution in [3.05, 3.63) is 35.9 Å². The van der Waals surface area contributed by atoms with Gasteiger partial charge in [0.25, 0.3) is 0 Å². The second-order valence-corrected chi connectivity index (χ2v) is 32.1. The molecule has 130 heavy (non-hydrogen) atoms. The molecule has 0 bridgehead atoms. The van der Waals surface area contributed by atoms with Crippen LogP contribution in [-0.2, 0) is 107 Å². The molecular formula is C80H130N20O29S. The molecule has 1 fully saturated rings. The molecule has 50 heteroatoms. The molecule has 0 spiro atoms. The van der Waals surface area contributed by atoms with Crippen LogP contribution in [0.2, 0.25) is 0 Å². The number of carbonyl (C=O) groups excluding carboxylic acids is 15.